The van der Waals surface area contributed by atoms with E-state index in [0.29, 0.717) is 22.8 Å². The summed E-state index contributed by atoms with van der Waals surface area (Å²) < 4.78 is 1.66. The number of benzene rings is 1. The molecule has 0 fully saturated rings. The van der Waals surface area contributed by atoms with Crippen LogP contribution in [0, 0.1) is 6.92 Å². The van der Waals surface area contributed by atoms with Gasteiger partial charge < -0.3 is 11.1 Å². The van der Waals surface area contributed by atoms with Crippen LogP contribution < -0.4 is 11.1 Å². The number of amides is 1. The van der Waals surface area contributed by atoms with Crippen LogP contribution in [-0.4, -0.2) is 28.3 Å². The van der Waals surface area contributed by atoms with Gasteiger partial charge in [0, 0.05) is 23.8 Å². The van der Waals surface area contributed by atoms with E-state index in [9.17, 15) is 4.79 Å². The highest BCUT2D eigenvalue weighted by atomic mass is 35.5. The lowest BCUT2D eigenvalue weighted by atomic mass is 10.2. The topological polar surface area (TPSA) is 72.9 Å². The lowest BCUT2D eigenvalue weighted by Crippen LogP contribution is -2.37. The first-order valence-corrected chi connectivity index (χ1v) is 6.72. The molecule has 0 aliphatic heterocycles. The number of nitrogens with two attached hydrogens (primary N) is 1. The van der Waals surface area contributed by atoms with Gasteiger partial charge in [0.2, 0.25) is 0 Å². The van der Waals surface area contributed by atoms with Crippen molar-refractivity contribution >= 4 is 17.5 Å². The Morgan fingerprint density at radius 1 is 1.45 bits per heavy atom. The van der Waals surface area contributed by atoms with E-state index in [-0.39, 0.29) is 11.9 Å². The Hall–Kier alpha value is -1.85. The quantitative estimate of drug-likeness (QED) is 0.904. The molecule has 106 valence electrons. The monoisotopic (exact) mass is 292 g/mol. The van der Waals surface area contributed by atoms with Gasteiger partial charge in [0.15, 0.2) is 0 Å². The average molecular weight is 293 g/mol. The molecule has 0 saturated carbocycles. The highest BCUT2D eigenvalue weighted by Crippen LogP contribution is 2.15. The number of rotatable bonds is 4. The first kappa shape index (κ1) is 14.6. The van der Waals surface area contributed by atoms with Crippen molar-refractivity contribution < 1.29 is 4.79 Å². The molecule has 20 heavy (non-hydrogen) atoms. The normalized spacial score (nSPS) is 12.2. The van der Waals surface area contributed by atoms with Gasteiger partial charge in [0.25, 0.3) is 5.91 Å². The fourth-order valence-electron chi connectivity index (χ4n) is 1.77. The third-order valence-corrected chi connectivity index (χ3v) is 3.22. The molecule has 0 saturated heterocycles. The number of aryl methyl sites for hydroxylation is 1. The summed E-state index contributed by atoms with van der Waals surface area (Å²) in [5, 5.41) is 7.83. The smallest absolute Gasteiger partial charge is 0.255 e. The van der Waals surface area contributed by atoms with E-state index in [1.54, 1.807) is 29.9 Å². The van der Waals surface area contributed by atoms with E-state index in [4.69, 9.17) is 17.3 Å². The number of nitrogens with zero attached hydrogens (tertiary/aromatic N) is 2. The third-order valence-electron chi connectivity index (χ3n) is 2.97. The van der Waals surface area contributed by atoms with E-state index >= 15 is 0 Å². The largest absolute Gasteiger partial charge is 0.348 e. The Bertz CT molecular complexity index is 606. The molecule has 5 nitrogen and oxygen atoms in total. The number of halogens is 1. The van der Waals surface area contributed by atoms with Gasteiger partial charge >= 0.3 is 0 Å². The Kier molecular flexibility index (Phi) is 4.42. The minimum absolute atomic E-state index is 0.0687. The second kappa shape index (κ2) is 6.07. The zero-order valence-electron chi connectivity index (χ0n) is 11.4. The number of carbonyl (C=O) groups excluding carboxylic acids is 1. The Labute approximate surface area is 122 Å². The van der Waals surface area contributed by atoms with Crippen molar-refractivity contribution in [3.05, 3.63) is 46.7 Å². The van der Waals surface area contributed by atoms with Crippen LogP contribution in [0.2, 0.25) is 5.02 Å². The summed E-state index contributed by atoms with van der Waals surface area (Å²) in [5.74, 6) is -0.166. The zero-order chi connectivity index (χ0) is 14.7. The van der Waals surface area contributed by atoms with E-state index < -0.39 is 0 Å². The number of nitrogens with one attached hydrogen (secondary N) is 1. The molecule has 6 heteroatoms. The molecule has 0 aliphatic rings. The summed E-state index contributed by atoms with van der Waals surface area (Å²) in [6, 6.07) is 7.19. The first-order valence-electron chi connectivity index (χ1n) is 6.34. The molecule has 1 amide bonds. The van der Waals surface area contributed by atoms with Gasteiger partial charge in [-0.1, -0.05) is 11.6 Å². The Balaban J connectivity index is 2.25. The van der Waals surface area contributed by atoms with Crippen molar-refractivity contribution in [1.29, 1.82) is 0 Å². The maximum Gasteiger partial charge on any atom is 0.255 e. The van der Waals surface area contributed by atoms with E-state index in [2.05, 4.69) is 10.4 Å². The predicted octanol–water partition coefficient (Wildman–Crippen LogP) is 1.91. The SMILES string of the molecule is Cc1nn(-c2ccc(Cl)cc2)cc1C(=O)N[C@@H](C)CN. The number of carbonyl (C=O) groups is 1. The van der Waals surface area contributed by atoms with Crippen LogP contribution in [0.5, 0.6) is 0 Å². The maximum atomic E-state index is 12.1. The van der Waals surface area contributed by atoms with Gasteiger partial charge in [-0.05, 0) is 38.1 Å². The van der Waals surface area contributed by atoms with Gasteiger partial charge in [-0.2, -0.15) is 5.10 Å². The number of aromatic nitrogens is 2. The minimum Gasteiger partial charge on any atom is -0.348 e. The van der Waals surface area contributed by atoms with Crippen LogP contribution >= 0.6 is 11.6 Å². The number of hydrogen-bond donors (Lipinski definition) is 2. The van der Waals surface area contributed by atoms with E-state index in [1.165, 1.54) is 0 Å². The molecule has 3 N–H and O–H groups in total. The highest BCUT2D eigenvalue weighted by Gasteiger charge is 2.15. The Morgan fingerprint density at radius 3 is 2.70 bits per heavy atom. The second-order valence-electron chi connectivity index (χ2n) is 4.66. The van der Waals surface area contributed by atoms with Crippen molar-refractivity contribution in [2.75, 3.05) is 6.54 Å². The standard InChI is InChI=1S/C14H17ClN4O/c1-9(7-16)17-14(20)13-8-19(18-10(13)2)12-5-3-11(15)4-6-12/h3-6,8-9H,7,16H2,1-2H3,(H,17,20)/t9-/m0/s1. The Morgan fingerprint density at radius 2 is 2.10 bits per heavy atom. The van der Waals surface area contributed by atoms with Crippen LogP contribution in [0.15, 0.2) is 30.5 Å². The molecule has 0 aliphatic carbocycles. The lowest BCUT2D eigenvalue weighted by molar-refractivity contribution is 0.0940. The van der Waals surface area contributed by atoms with Crippen LogP contribution in [0.3, 0.4) is 0 Å². The molecule has 1 aromatic carbocycles. The molecule has 0 spiro atoms. The van der Waals surface area contributed by atoms with Gasteiger partial charge in [-0.3, -0.25) is 4.79 Å². The summed E-state index contributed by atoms with van der Waals surface area (Å²) in [4.78, 5) is 12.1. The molecular formula is C14H17ClN4O. The fourth-order valence-corrected chi connectivity index (χ4v) is 1.90. The minimum atomic E-state index is -0.166. The molecule has 1 atom stereocenters. The van der Waals surface area contributed by atoms with Crippen LogP contribution in [0.4, 0.5) is 0 Å². The zero-order valence-corrected chi connectivity index (χ0v) is 12.2. The molecule has 0 bridgehead atoms. The van der Waals surface area contributed by atoms with Crippen molar-refractivity contribution in [2.24, 2.45) is 5.73 Å². The maximum absolute atomic E-state index is 12.1. The van der Waals surface area contributed by atoms with E-state index in [0.717, 1.165) is 5.69 Å². The second-order valence-corrected chi connectivity index (χ2v) is 5.10. The van der Waals surface area contributed by atoms with Crippen LogP contribution in [-0.2, 0) is 0 Å². The molecule has 0 unspecified atom stereocenters. The molecule has 2 aromatic rings. The lowest BCUT2D eigenvalue weighted by Gasteiger charge is -2.10. The van der Waals surface area contributed by atoms with Crippen LogP contribution in [0.25, 0.3) is 5.69 Å². The van der Waals surface area contributed by atoms with Crippen molar-refractivity contribution in [2.45, 2.75) is 19.9 Å². The van der Waals surface area contributed by atoms with Gasteiger partial charge in [-0.15, -0.1) is 0 Å². The summed E-state index contributed by atoms with van der Waals surface area (Å²) >= 11 is 5.85. The number of hydrogen-bond acceptors (Lipinski definition) is 3. The summed E-state index contributed by atoms with van der Waals surface area (Å²) in [5.41, 5.74) is 7.56. The molecular weight excluding hydrogens is 276 g/mol. The van der Waals surface area contributed by atoms with Crippen molar-refractivity contribution in [3.63, 3.8) is 0 Å². The average Bonchev–Trinajstić information content (AvgIpc) is 2.81. The molecule has 1 heterocycles. The van der Waals surface area contributed by atoms with Gasteiger partial charge in [0.05, 0.1) is 16.9 Å². The summed E-state index contributed by atoms with van der Waals surface area (Å²) in [6.07, 6.45) is 1.71. The summed E-state index contributed by atoms with van der Waals surface area (Å²) in [6.45, 7) is 4.06. The molecule has 1 aromatic heterocycles. The molecule has 0 radical (unpaired) electrons. The highest BCUT2D eigenvalue weighted by molar-refractivity contribution is 6.30. The predicted molar refractivity (Wildman–Crippen MR) is 79.3 cm³/mol. The van der Waals surface area contributed by atoms with Gasteiger partial charge in [0.1, 0.15) is 0 Å². The van der Waals surface area contributed by atoms with Gasteiger partial charge in [-0.25, -0.2) is 4.68 Å². The van der Waals surface area contributed by atoms with Crippen molar-refractivity contribution in [1.82, 2.24) is 15.1 Å². The summed E-state index contributed by atoms with van der Waals surface area (Å²) in [7, 11) is 0. The van der Waals surface area contributed by atoms with E-state index in [1.807, 2.05) is 19.1 Å². The third kappa shape index (κ3) is 3.18. The first-order chi connectivity index (χ1) is 9.51. The fraction of sp³-hybridized carbons (Fsp3) is 0.286. The van der Waals surface area contributed by atoms with Crippen LogP contribution in [0.1, 0.15) is 23.0 Å². The molecule has 2 rings (SSSR count). The van der Waals surface area contributed by atoms with Crippen molar-refractivity contribution in [3.8, 4) is 5.69 Å².